The second-order valence-corrected chi connectivity index (χ2v) is 10.8. The van der Waals surface area contributed by atoms with Crippen LogP contribution in [0, 0.1) is 0 Å². The van der Waals surface area contributed by atoms with Gasteiger partial charge in [0.1, 0.15) is 12.1 Å². The predicted molar refractivity (Wildman–Crippen MR) is 158 cm³/mol. The van der Waals surface area contributed by atoms with Crippen LogP contribution in [-0.2, 0) is 28.8 Å². The number of aliphatic carboxylic acids is 3. The first-order valence-corrected chi connectivity index (χ1v) is 15.6. The van der Waals surface area contributed by atoms with Crippen molar-refractivity contribution in [1.82, 2.24) is 16.0 Å². The zero-order valence-corrected chi connectivity index (χ0v) is 25.3. The van der Waals surface area contributed by atoms with Crippen molar-refractivity contribution in [3.05, 3.63) is 0 Å². The summed E-state index contributed by atoms with van der Waals surface area (Å²) in [7, 11) is 0. The highest BCUT2D eigenvalue weighted by molar-refractivity contribution is 5.92. The fourth-order valence-electron chi connectivity index (χ4n) is 4.49. The number of amides is 3. The summed E-state index contributed by atoms with van der Waals surface area (Å²) in [6.45, 7) is 2.37. The van der Waals surface area contributed by atoms with E-state index in [1.54, 1.807) is 0 Å². The molecular formula is C30H53N3O9. The first-order chi connectivity index (χ1) is 20.1. The minimum absolute atomic E-state index is 0.0423. The van der Waals surface area contributed by atoms with Crippen LogP contribution < -0.4 is 16.0 Å². The lowest BCUT2D eigenvalue weighted by Gasteiger charge is -2.21. The van der Waals surface area contributed by atoms with Gasteiger partial charge < -0.3 is 31.3 Å². The molecule has 0 aliphatic rings. The molecule has 2 atom stereocenters. The van der Waals surface area contributed by atoms with Crippen molar-refractivity contribution in [3.63, 3.8) is 0 Å². The maximum Gasteiger partial charge on any atom is 0.326 e. The fraction of sp³-hybridized carbons (Fsp3) is 0.800. The molecule has 42 heavy (non-hydrogen) atoms. The van der Waals surface area contributed by atoms with Crippen LogP contribution in [0.2, 0.25) is 0 Å². The summed E-state index contributed by atoms with van der Waals surface area (Å²) in [6.07, 6.45) is 15.1. The van der Waals surface area contributed by atoms with Crippen LogP contribution in [0.1, 0.15) is 135 Å². The first kappa shape index (κ1) is 38.8. The Morgan fingerprint density at radius 1 is 0.548 bits per heavy atom. The average Bonchev–Trinajstić information content (AvgIpc) is 2.92. The SMILES string of the molecule is CCCNC(=O)CCC(NC(=O)CCCCCCCCCCCCCCCCC(=O)O)C(=O)NC(CC(=O)O)C(=O)O. The number of nitrogens with one attached hydrogen (secondary N) is 3. The molecule has 0 aliphatic carbocycles. The van der Waals surface area contributed by atoms with E-state index in [0.29, 0.717) is 13.0 Å². The van der Waals surface area contributed by atoms with Crippen LogP contribution in [0.3, 0.4) is 0 Å². The number of carboxylic acids is 3. The smallest absolute Gasteiger partial charge is 0.326 e. The normalized spacial score (nSPS) is 12.2. The van der Waals surface area contributed by atoms with Crippen molar-refractivity contribution in [2.75, 3.05) is 6.54 Å². The Kier molecular flexibility index (Phi) is 23.6. The summed E-state index contributed by atoms with van der Waals surface area (Å²) in [5.74, 6) is -5.12. The Morgan fingerprint density at radius 2 is 1.02 bits per heavy atom. The lowest BCUT2D eigenvalue weighted by atomic mass is 10.0. The highest BCUT2D eigenvalue weighted by Gasteiger charge is 2.28. The van der Waals surface area contributed by atoms with Crippen LogP contribution in [0.5, 0.6) is 0 Å². The van der Waals surface area contributed by atoms with Gasteiger partial charge >= 0.3 is 17.9 Å². The van der Waals surface area contributed by atoms with Crippen LogP contribution in [0.15, 0.2) is 0 Å². The van der Waals surface area contributed by atoms with Crippen LogP contribution in [-0.4, -0.2) is 69.6 Å². The Morgan fingerprint density at radius 3 is 1.45 bits per heavy atom. The van der Waals surface area contributed by atoms with Gasteiger partial charge in [-0.05, 0) is 25.7 Å². The van der Waals surface area contributed by atoms with Gasteiger partial charge in [0.2, 0.25) is 17.7 Å². The van der Waals surface area contributed by atoms with Crippen LogP contribution in [0.4, 0.5) is 0 Å². The second-order valence-electron chi connectivity index (χ2n) is 10.8. The molecule has 3 amide bonds. The fourth-order valence-corrected chi connectivity index (χ4v) is 4.49. The van der Waals surface area contributed by atoms with Gasteiger partial charge in [0.15, 0.2) is 0 Å². The highest BCUT2D eigenvalue weighted by Crippen LogP contribution is 2.14. The number of carbonyl (C=O) groups is 6. The maximum atomic E-state index is 12.7. The molecule has 6 N–H and O–H groups in total. The van der Waals surface area contributed by atoms with Crippen LogP contribution >= 0.6 is 0 Å². The molecule has 0 aromatic carbocycles. The third-order valence-corrected chi connectivity index (χ3v) is 6.92. The molecule has 0 aromatic rings. The van der Waals surface area contributed by atoms with Gasteiger partial charge in [0.25, 0.3) is 0 Å². The average molecular weight is 600 g/mol. The lowest BCUT2D eigenvalue weighted by Crippen LogP contribution is -2.52. The molecular weight excluding hydrogens is 546 g/mol. The number of rotatable bonds is 28. The zero-order chi connectivity index (χ0) is 31.6. The zero-order valence-electron chi connectivity index (χ0n) is 25.3. The van der Waals surface area contributed by atoms with Gasteiger partial charge in [-0.2, -0.15) is 0 Å². The molecule has 2 unspecified atom stereocenters. The summed E-state index contributed by atoms with van der Waals surface area (Å²) in [5.41, 5.74) is 0. The predicted octanol–water partition coefficient (Wildman–Crippen LogP) is 4.15. The summed E-state index contributed by atoms with van der Waals surface area (Å²) in [6, 6.07) is -2.80. The third-order valence-electron chi connectivity index (χ3n) is 6.92. The van der Waals surface area contributed by atoms with Gasteiger partial charge in [-0.25, -0.2) is 4.79 Å². The molecule has 0 saturated carbocycles. The van der Waals surface area contributed by atoms with Gasteiger partial charge in [-0.3, -0.25) is 24.0 Å². The molecule has 0 heterocycles. The molecule has 242 valence electrons. The van der Waals surface area contributed by atoms with Crippen molar-refractivity contribution in [2.24, 2.45) is 0 Å². The minimum atomic E-state index is -1.65. The van der Waals surface area contributed by atoms with Crippen LogP contribution in [0.25, 0.3) is 0 Å². The third kappa shape index (κ3) is 23.5. The van der Waals surface area contributed by atoms with Crippen molar-refractivity contribution < 1.29 is 44.1 Å². The van der Waals surface area contributed by atoms with E-state index >= 15 is 0 Å². The van der Waals surface area contributed by atoms with E-state index < -0.39 is 42.3 Å². The molecule has 12 nitrogen and oxygen atoms in total. The summed E-state index contributed by atoms with van der Waals surface area (Å²) in [5, 5.41) is 34.2. The van der Waals surface area contributed by atoms with E-state index in [0.717, 1.165) is 51.4 Å². The van der Waals surface area contributed by atoms with E-state index in [2.05, 4.69) is 16.0 Å². The van der Waals surface area contributed by atoms with E-state index in [1.807, 2.05) is 6.92 Å². The molecule has 12 heteroatoms. The summed E-state index contributed by atoms with van der Waals surface area (Å²) in [4.78, 5) is 70.0. The topological polar surface area (TPSA) is 199 Å². The van der Waals surface area contributed by atoms with Crippen molar-refractivity contribution in [2.45, 2.75) is 147 Å². The Labute approximate surface area is 249 Å². The number of hydrogen-bond donors (Lipinski definition) is 6. The maximum absolute atomic E-state index is 12.7. The first-order valence-electron chi connectivity index (χ1n) is 15.6. The van der Waals surface area contributed by atoms with Crippen molar-refractivity contribution in [1.29, 1.82) is 0 Å². The van der Waals surface area contributed by atoms with Gasteiger partial charge in [-0.1, -0.05) is 84.0 Å². The molecule has 0 rings (SSSR count). The van der Waals surface area contributed by atoms with E-state index in [-0.39, 0.29) is 37.5 Å². The van der Waals surface area contributed by atoms with Crippen molar-refractivity contribution in [3.8, 4) is 0 Å². The standard InChI is InChI=1S/C30H53N3O9/c1-2-21-31-25(34)20-19-23(29(40)33-24(30(41)42)22-28(38)39)32-26(35)17-15-13-11-9-7-5-3-4-6-8-10-12-14-16-18-27(36)37/h23-24H,2-22H2,1H3,(H,31,34)(H,32,35)(H,33,40)(H,36,37)(H,38,39)(H,41,42). The number of unbranched alkanes of at least 4 members (excludes halogenated alkanes) is 13. The Bertz CT molecular complexity index is 820. The minimum Gasteiger partial charge on any atom is -0.481 e. The quantitative estimate of drug-likeness (QED) is 0.0715. The number of carbonyl (C=O) groups excluding carboxylic acids is 3. The molecule has 0 radical (unpaired) electrons. The van der Waals surface area contributed by atoms with Gasteiger partial charge in [-0.15, -0.1) is 0 Å². The van der Waals surface area contributed by atoms with E-state index in [4.69, 9.17) is 10.2 Å². The monoisotopic (exact) mass is 599 g/mol. The molecule has 0 fully saturated rings. The largest absolute Gasteiger partial charge is 0.481 e. The Balaban J connectivity index is 4.24. The van der Waals surface area contributed by atoms with E-state index in [9.17, 15) is 33.9 Å². The van der Waals surface area contributed by atoms with E-state index in [1.165, 1.54) is 38.5 Å². The molecule has 0 bridgehead atoms. The molecule has 0 aliphatic heterocycles. The second kappa shape index (κ2) is 25.5. The summed E-state index contributed by atoms with van der Waals surface area (Å²) >= 11 is 0. The number of carboxylic acid groups (broad SMARTS) is 3. The Hall–Kier alpha value is -3.18. The molecule has 0 saturated heterocycles. The van der Waals surface area contributed by atoms with Gasteiger partial charge in [0, 0.05) is 25.8 Å². The summed E-state index contributed by atoms with van der Waals surface area (Å²) < 4.78 is 0. The molecule has 0 spiro atoms. The lowest BCUT2D eigenvalue weighted by molar-refractivity contribution is -0.147. The number of hydrogen-bond acceptors (Lipinski definition) is 6. The molecule has 0 aromatic heterocycles. The van der Waals surface area contributed by atoms with Gasteiger partial charge in [0.05, 0.1) is 6.42 Å². The highest BCUT2D eigenvalue weighted by atomic mass is 16.4. The van der Waals surface area contributed by atoms with Crippen molar-refractivity contribution >= 4 is 35.6 Å².